The van der Waals surface area contributed by atoms with Crippen LogP contribution in [0.15, 0.2) is 24.3 Å². The van der Waals surface area contributed by atoms with Gasteiger partial charge in [0.25, 0.3) is 0 Å². The van der Waals surface area contributed by atoms with Gasteiger partial charge in [-0.05, 0) is 37.3 Å². The van der Waals surface area contributed by atoms with E-state index in [1.807, 2.05) is 34.1 Å². The maximum atomic E-state index is 13.1. The lowest BCUT2D eigenvalue weighted by Crippen LogP contribution is -2.50. The summed E-state index contributed by atoms with van der Waals surface area (Å²) >= 11 is 6.50. The Labute approximate surface area is 189 Å². The van der Waals surface area contributed by atoms with E-state index in [1.54, 1.807) is 0 Å². The van der Waals surface area contributed by atoms with Gasteiger partial charge < -0.3 is 19.9 Å². The minimum atomic E-state index is -0.156. The molecule has 0 unspecified atom stereocenters. The largest absolute Gasteiger partial charge is 0.379 e. The second-order valence-corrected chi connectivity index (χ2v) is 9.10. The Kier molecular flexibility index (Phi) is 7.69. The molecule has 0 aromatic heterocycles. The smallest absolute Gasteiger partial charge is 0.320 e. The molecule has 0 aliphatic carbocycles. The third kappa shape index (κ3) is 5.51. The van der Waals surface area contributed by atoms with Crippen molar-refractivity contribution in [1.82, 2.24) is 20.0 Å². The molecule has 0 radical (unpaired) electrons. The molecule has 7 nitrogen and oxygen atoms in total. The summed E-state index contributed by atoms with van der Waals surface area (Å²) in [6, 6.07) is 7.94. The molecule has 3 saturated heterocycles. The number of hydrogen-bond donors (Lipinski definition) is 1. The van der Waals surface area contributed by atoms with Crippen LogP contribution in [0.2, 0.25) is 5.02 Å². The highest BCUT2D eigenvalue weighted by molar-refractivity contribution is 6.31. The van der Waals surface area contributed by atoms with E-state index in [9.17, 15) is 9.59 Å². The van der Waals surface area contributed by atoms with Crippen molar-refractivity contribution in [2.24, 2.45) is 5.92 Å². The van der Waals surface area contributed by atoms with Gasteiger partial charge in [0.05, 0.1) is 25.2 Å². The van der Waals surface area contributed by atoms with Crippen LogP contribution in [0.1, 0.15) is 37.3 Å². The molecular formula is C23H33ClN4O3. The monoisotopic (exact) mass is 448 g/mol. The highest BCUT2D eigenvalue weighted by Crippen LogP contribution is 2.28. The van der Waals surface area contributed by atoms with Gasteiger partial charge in [-0.1, -0.05) is 29.8 Å². The van der Waals surface area contributed by atoms with Gasteiger partial charge in [0.2, 0.25) is 5.91 Å². The van der Waals surface area contributed by atoms with E-state index >= 15 is 0 Å². The van der Waals surface area contributed by atoms with Gasteiger partial charge >= 0.3 is 6.03 Å². The third-order valence-electron chi connectivity index (χ3n) is 6.66. The fourth-order valence-corrected chi connectivity index (χ4v) is 5.15. The Morgan fingerprint density at radius 2 is 1.74 bits per heavy atom. The summed E-state index contributed by atoms with van der Waals surface area (Å²) in [6.45, 7) is 6.43. The van der Waals surface area contributed by atoms with Crippen LogP contribution in [0.4, 0.5) is 4.79 Å². The Morgan fingerprint density at radius 1 is 1.03 bits per heavy atom. The molecule has 170 valence electrons. The van der Waals surface area contributed by atoms with E-state index in [0.717, 1.165) is 64.0 Å². The van der Waals surface area contributed by atoms with Crippen molar-refractivity contribution >= 4 is 23.5 Å². The molecule has 3 amide bonds. The lowest BCUT2D eigenvalue weighted by atomic mass is 9.97. The number of amides is 3. The first-order valence-corrected chi connectivity index (χ1v) is 11.9. The van der Waals surface area contributed by atoms with E-state index in [0.29, 0.717) is 31.3 Å². The average molecular weight is 449 g/mol. The molecule has 8 heteroatoms. The van der Waals surface area contributed by atoms with Crippen molar-refractivity contribution in [1.29, 1.82) is 0 Å². The molecule has 2 atom stereocenters. The molecular weight excluding hydrogens is 416 g/mol. The Morgan fingerprint density at radius 3 is 2.48 bits per heavy atom. The molecule has 0 spiro atoms. The number of carbonyl (C=O) groups is 2. The molecule has 0 saturated carbocycles. The second-order valence-electron chi connectivity index (χ2n) is 8.69. The van der Waals surface area contributed by atoms with Crippen molar-refractivity contribution in [3.8, 4) is 0 Å². The number of nitrogens with zero attached hydrogens (tertiary/aromatic N) is 3. The SMILES string of the molecule is O=C(NC[C@H](c1ccccc1Cl)N1CCOCC1)[C@@H]1CCCN(C(=O)N2CCCC2)C1. The molecule has 0 bridgehead atoms. The highest BCUT2D eigenvalue weighted by Gasteiger charge is 2.32. The summed E-state index contributed by atoms with van der Waals surface area (Å²) in [4.78, 5) is 31.9. The fourth-order valence-electron chi connectivity index (χ4n) is 4.89. The number of piperidine rings is 1. The van der Waals surface area contributed by atoms with E-state index < -0.39 is 0 Å². The number of urea groups is 1. The normalized spacial score (nSPS) is 23.6. The minimum Gasteiger partial charge on any atom is -0.379 e. The van der Waals surface area contributed by atoms with E-state index in [1.165, 1.54) is 0 Å². The van der Waals surface area contributed by atoms with Crippen LogP contribution in [0, 0.1) is 5.92 Å². The number of halogens is 1. The maximum Gasteiger partial charge on any atom is 0.320 e. The topological polar surface area (TPSA) is 65.1 Å². The first kappa shape index (κ1) is 22.4. The van der Waals surface area contributed by atoms with Crippen LogP contribution in [0.3, 0.4) is 0 Å². The lowest BCUT2D eigenvalue weighted by Gasteiger charge is -2.37. The number of benzene rings is 1. The van der Waals surface area contributed by atoms with Crippen molar-refractivity contribution in [2.45, 2.75) is 31.7 Å². The lowest BCUT2D eigenvalue weighted by molar-refractivity contribution is -0.126. The van der Waals surface area contributed by atoms with E-state index in [4.69, 9.17) is 16.3 Å². The molecule has 1 aromatic carbocycles. The molecule has 3 heterocycles. The second kappa shape index (κ2) is 10.7. The first-order chi connectivity index (χ1) is 15.1. The van der Waals surface area contributed by atoms with Crippen LogP contribution >= 0.6 is 11.6 Å². The quantitative estimate of drug-likeness (QED) is 0.752. The van der Waals surface area contributed by atoms with Crippen LogP contribution in [-0.2, 0) is 9.53 Å². The van der Waals surface area contributed by atoms with E-state index in [-0.39, 0.29) is 23.9 Å². The summed E-state index contributed by atoms with van der Waals surface area (Å²) in [5.74, 6) is -0.124. The van der Waals surface area contributed by atoms with Gasteiger partial charge in [-0.15, -0.1) is 0 Å². The zero-order chi connectivity index (χ0) is 21.6. The fraction of sp³-hybridized carbons (Fsp3) is 0.652. The molecule has 1 N–H and O–H groups in total. The maximum absolute atomic E-state index is 13.1. The highest BCUT2D eigenvalue weighted by atomic mass is 35.5. The summed E-state index contributed by atoms with van der Waals surface area (Å²) in [7, 11) is 0. The number of morpholine rings is 1. The summed E-state index contributed by atoms with van der Waals surface area (Å²) in [5.41, 5.74) is 1.03. The zero-order valence-electron chi connectivity index (χ0n) is 18.1. The van der Waals surface area contributed by atoms with Gasteiger partial charge in [-0.25, -0.2) is 4.79 Å². The zero-order valence-corrected chi connectivity index (χ0v) is 18.9. The Bertz CT molecular complexity index is 765. The number of carbonyl (C=O) groups excluding carboxylic acids is 2. The predicted molar refractivity (Wildman–Crippen MR) is 120 cm³/mol. The number of rotatable bonds is 5. The molecule has 4 rings (SSSR count). The minimum absolute atomic E-state index is 0.00692. The van der Waals surface area contributed by atoms with Gasteiger partial charge in [0, 0.05) is 50.8 Å². The third-order valence-corrected chi connectivity index (χ3v) is 7.00. The number of hydrogen-bond acceptors (Lipinski definition) is 4. The standard InChI is InChI=1S/C23H33ClN4O3/c24-20-8-2-1-7-19(20)21(26-12-14-31-15-13-26)16-25-22(29)18-6-5-11-28(17-18)23(30)27-9-3-4-10-27/h1-2,7-8,18,21H,3-6,9-17H2,(H,25,29)/t18-,21-/m1/s1. The molecule has 3 aliphatic heterocycles. The van der Waals surface area contributed by atoms with Crippen molar-refractivity contribution in [2.75, 3.05) is 59.0 Å². The summed E-state index contributed by atoms with van der Waals surface area (Å²) < 4.78 is 5.51. The van der Waals surface area contributed by atoms with E-state index in [2.05, 4.69) is 10.2 Å². The van der Waals surface area contributed by atoms with Crippen LogP contribution in [0.25, 0.3) is 0 Å². The molecule has 31 heavy (non-hydrogen) atoms. The molecule has 3 fully saturated rings. The van der Waals surface area contributed by atoms with Crippen LogP contribution < -0.4 is 5.32 Å². The summed E-state index contributed by atoms with van der Waals surface area (Å²) in [6.07, 6.45) is 3.85. The van der Waals surface area contributed by atoms with Crippen LogP contribution in [0.5, 0.6) is 0 Å². The number of ether oxygens (including phenoxy) is 1. The number of nitrogens with one attached hydrogen (secondary N) is 1. The Balaban J connectivity index is 1.37. The number of likely N-dealkylation sites (tertiary alicyclic amines) is 2. The van der Waals surface area contributed by atoms with Gasteiger partial charge in [0.15, 0.2) is 0 Å². The molecule has 3 aliphatic rings. The van der Waals surface area contributed by atoms with Crippen molar-refractivity contribution in [3.05, 3.63) is 34.9 Å². The van der Waals surface area contributed by atoms with Gasteiger partial charge in [-0.2, -0.15) is 0 Å². The van der Waals surface area contributed by atoms with Crippen molar-refractivity contribution in [3.63, 3.8) is 0 Å². The molecule has 1 aromatic rings. The van der Waals surface area contributed by atoms with Crippen LogP contribution in [-0.4, -0.2) is 85.7 Å². The average Bonchev–Trinajstić information content (AvgIpc) is 3.35. The summed E-state index contributed by atoms with van der Waals surface area (Å²) in [5, 5.41) is 3.89. The predicted octanol–water partition coefficient (Wildman–Crippen LogP) is 2.76. The first-order valence-electron chi connectivity index (χ1n) is 11.5. The van der Waals surface area contributed by atoms with Gasteiger partial charge in [-0.3, -0.25) is 9.69 Å². The van der Waals surface area contributed by atoms with Crippen molar-refractivity contribution < 1.29 is 14.3 Å². The Hall–Kier alpha value is -1.83. The van der Waals surface area contributed by atoms with Gasteiger partial charge in [0.1, 0.15) is 0 Å².